The fraction of sp³-hybridized carbons (Fsp3) is 0.308. The van der Waals surface area contributed by atoms with Crippen molar-refractivity contribution in [2.75, 3.05) is 18.0 Å². The maximum Gasteiger partial charge on any atom is 0.338 e. The number of carboxylic acids is 1. The number of benzene rings is 1. The molecule has 0 bridgehead atoms. The normalized spacial score (nSPS) is 9.68. The molecule has 19 heavy (non-hydrogen) atoms. The highest BCUT2D eigenvalue weighted by atomic mass is 16.6. The van der Waals surface area contributed by atoms with Crippen LogP contribution < -0.4 is 4.90 Å². The minimum atomic E-state index is -1.21. The lowest BCUT2D eigenvalue weighted by Gasteiger charge is -2.23. The number of aromatic carboxylic acids is 1. The molecule has 6 nitrogen and oxygen atoms in total. The third kappa shape index (κ3) is 3.22. The topological polar surface area (TPSA) is 83.7 Å². The van der Waals surface area contributed by atoms with Crippen molar-refractivity contribution in [3.63, 3.8) is 0 Å². The van der Waals surface area contributed by atoms with Gasteiger partial charge < -0.3 is 10.0 Å². The Morgan fingerprint density at radius 2 is 2.26 bits per heavy atom. The fourth-order valence-corrected chi connectivity index (χ4v) is 1.83. The molecule has 0 radical (unpaired) electrons. The summed E-state index contributed by atoms with van der Waals surface area (Å²) in [6.07, 6.45) is 5.94. The van der Waals surface area contributed by atoms with Crippen molar-refractivity contribution in [1.82, 2.24) is 0 Å². The number of hydrogen-bond donors (Lipinski definition) is 1. The molecule has 1 aromatic rings. The quantitative estimate of drug-likeness (QED) is 0.482. The number of carboxylic acid groups (broad SMARTS) is 1. The zero-order valence-electron chi connectivity index (χ0n) is 10.5. The summed E-state index contributed by atoms with van der Waals surface area (Å²) in [6.45, 7) is 2.47. The monoisotopic (exact) mass is 262 g/mol. The van der Waals surface area contributed by atoms with E-state index in [2.05, 4.69) is 5.92 Å². The van der Waals surface area contributed by atoms with Gasteiger partial charge >= 0.3 is 5.97 Å². The third-order valence-corrected chi connectivity index (χ3v) is 2.53. The third-order valence-electron chi connectivity index (χ3n) is 2.53. The van der Waals surface area contributed by atoms with Gasteiger partial charge in [0.05, 0.1) is 17.0 Å². The van der Waals surface area contributed by atoms with Crippen LogP contribution >= 0.6 is 0 Å². The molecule has 0 saturated carbocycles. The number of nitrogens with zero attached hydrogens (tertiary/aromatic N) is 2. The van der Waals surface area contributed by atoms with E-state index in [0.717, 1.165) is 0 Å². The molecular weight excluding hydrogens is 248 g/mol. The Bertz CT molecular complexity index is 502. The molecular formula is C13H14N2O4. The van der Waals surface area contributed by atoms with E-state index < -0.39 is 10.9 Å². The number of para-hydroxylation sites is 1. The Morgan fingerprint density at radius 1 is 1.58 bits per heavy atom. The van der Waals surface area contributed by atoms with Crippen molar-refractivity contribution in [3.8, 4) is 12.3 Å². The number of rotatable bonds is 6. The van der Waals surface area contributed by atoms with Gasteiger partial charge in [-0.25, -0.2) is 4.79 Å². The molecule has 0 aliphatic carbocycles. The highest BCUT2D eigenvalue weighted by Crippen LogP contribution is 2.32. The number of nitro benzene ring substituents is 1. The van der Waals surface area contributed by atoms with Gasteiger partial charge in [0.1, 0.15) is 5.69 Å². The molecule has 0 spiro atoms. The largest absolute Gasteiger partial charge is 0.478 e. The van der Waals surface area contributed by atoms with Crippen LogP contribution in [0.25, 0.3) is 0 Å². The van der Waals surface area contributed by atoms with E-state index >= 15 is 0 Å². The Kier molecular flexibility index (Phi) is 4.89. The Balaban J connectivity index is 3.46. The van der Waals surface area contributed by atoms with Gasteiger partial charge in [-0.3, -0.25) is 10.1 Å². The highest BCUT2D eigenvalue weighted by Gasteiger charge is 2.25. The SMILES string of the molecule is C#CCN(CCC)c1c(C(=O)O)cccc1[N+](=O)[O-]. The minimum Gasteiger partial charge on any atom is -0.478 e. The van der Waals surface area contributed by atoms with E-state index in [0.29, 0.717) is 13.0 Å². The molecule has 0 aliphatic heterocycles. The Morgan fingerprint density at radius 3 is 2.74 bits per heavy atom. The molecule has 0 heterocycles. The number of nitro groups is 1. The van der Waals surface area contributed by atoms with E-state index in [1.807, 2.05) is 6.92 Å². The van der Waals surface area contributed by atoms with E-state index in [-0.39, 0.29) is 23.5 Å². The number of carbonyl (C=O) groups is 1. The smallest absolute Gasteiger partial charge is 0.338 e. The summed E-state index contributed by atoms with van der Waals surface area (Å²) < 4.78 is 0. The van der Waals surface area contributed by atoms with Crippen LogP contribution in [0.15, 0.2) is 18.2 Å². The van der Waals surface area contributed by atoms with Crippen molar-refractivity contribution in [2.24, 2.45) is 0 Å². The van der Waals surface area contributed by atoms with E-state index in [1.54, 1.807) is 4.90 Å². The Hall–Kier alpha value is -2.55. The van der Waals surface area contributed by atoms with Crippen LogP contribution in [0, 0.1) is 22.5 Å². The predicted octanol–water partition coefficient (Wildman–Crippen LogP) is 2.14. The molecule has 1 aromatic carbocycles. The first-order valence-electron chi connectivity index (χ1n) is 5.72. The van der Waals surface area contributed by atoms with Crippen LogP contribution in [-0.4, -0.2) is 29.1 Å². The van der Waals surface area contributed by atoms with Gasteiger partial charge in [-0.05, 0) is 12.5 Å². The molecule has 100 valence electrons. The summed E-state index contributed by atoms with van der Waals surface area (Å²) >= 11 is 0. The Labute approximate surface area is 110 Å². The van der Waals surface area contributed by atoms with Crippen molar-refractivity contribution >= 4 is 17.3 Å². The highest BCUT2D eigenvalue weighted by molar-refractivity contribution is 5.97. The van der Waals surface area contributed by atoms with Crippen LogP contribution in [-0.2, 0) is 0 Å². The summed E-state index contributed by atoms with van der Waals surface area (Å²) in [5.41, 5.74) is -0.290. The van der Waals surface area contributed by atoms with Gasteiger partial charge in [0, 0.05) is 12.6 Å². The van der Waals surface area contributed by atoms with Crippen molar-refractivity contribution in [1.29, 1.82) is 0 Å². The van der Waals surface area contributed by atoms with Gasteiger partial charge in [0.2, 0.25) is 0 Å². The number of hydrogen-bond acceptors (Lipinski definition) is 4. The average molecular weight is 262 g/mol. The molecule has 0 atom stereocenters. The van der Waals surface area contributed by atoms with Gasteiger partial charge in [-0.15, -0.1) is 6.42 Å². The van der Waals surface area contributed by atoms with Gasteiger partial charge in [0.15, 0.2) is 0 Å². The van der Waals surface area contributed by atoms with Crippen molar-refractivity contribution in [3.05, 3.63) is 33.9 Å². The molecule has 0 unspecified atom stereocenters. The summed E-state index contributed by atoms with van der Waals surface area (Å²) in [5, 5.41) is 20.2. The second-order valence-electron chi connectivity index (χ2n) is 3.86. The van der Waals surface area contributed by atoms with Gasteiger partial charge in [0.25, 0.3) is 5.69 Å². The van der Waals surface area contributed by atoms with E-state index in [4.69, 9.17) is 11.5 Å². The molecule has 1 rings (SSSR count). The first kappa shape index (κ1) is 14.5. The first-order valence-corrected chi connectivity index (χ1v) is 5.72. The molecule has 0 aromatic heterocycles. The standard InChI is InChI=1S/C13H14N2O4/c1-3-8-14(9-4-2)12-10(13(16)17)6-5-7-11(12)15(18)19/h1,5-7H,4,8-9H2,2H3,(H,16,17). The molecule has 6 heteroatoms. The van der Waals surface area contributed by atoms with Crippen LogP contribution in [0.3, 0.4) is 0 Å². The molecule has 0 amide bonds. The molecule has 1 N–H and O–H groups in total. The lowest BCUT2D eigenvalue weighted by molar-refractivity contribution is -0.384. The second kappa shape index (κ2) is 6.40. The van der Waals surface area contributed by atoms with E-state index in [9.17, 15) is 14.9 Å². The second-order valence-corrected chi connectivity index (χ2v) is 3.86. The predicted molar refractivity (Wildman–Crippen MR) is 71.4 cm³/mol. The lowest BCUT2D eigenvalue weighted by atomic mass is 10.1. The summed E-state index contributed by atoms with van der Waals surface area (Å²) in [4.78, 5) is 23.2. The summed E-state index contributed by atoms with van der Waals surface area (Å²) in [5.74, 6) is 1.18. The van der Waals surface area contributed by atoms with Gasteiger partial charge in [-0.2, -0.15) is 0 Å². The maximum atomic E-state index is 11.2. The zero-order chi connectivity index (χ0) is 14.4. The molecule has 0 fully saturated rings. The van der Waals surface area contributed by atoms with Crippen LogP contribution in [0.2, 0.25) is 0 Å². The van der Waals surface area contributed by atoms with Crippen LogP contribution in [0.5, 0.6) is 0 Å². The summed E-state index contributed by atoms with van der Waals surface area (Å²) in [6, 6.07) is 3.97. The van der Waals surface area contributed by atoms with Crippen LogP contribution in [0.4, 0.5) is 11.4 Å². The van der Waals surface area contributed by atoms with Crippen molar-refractivity contribution < 1.29 is 14.8 Å². The fourth-order valence-electron chi connectivity index (χ4n) is 1.83. The van der Waals surface area contributed by atoms with Crippen molar-refractivity contribution in [2.45, 2.75) is 13.3 Å². The molecule has 0 saturated heterocycles. The average Bonchev–Trinajstić information content (AvgIpc) is 2.37. The van der Waals surface area contributed by atoms with Crippen LogP contribution in [0.1, 0.15) is 23.7 Å². The maximum absolute atomic E-state index is 11.2. The molecule has 0 aliphatic rings. The summed E-state index contributed by atoms with van der Waals surface area (Å²) in [7, 11) is 0. The van der Waals surface area contributed by atoms with E-state index in [1.165, 1.54) is 18.2 Å². The minimum absolute atomic E-state index is 0.0693. The van der Waals surface area contributed by atoms with Gasteiger partial charge in [-0.1, -0.05) is 18.9 Å². The lowest BCUT2D eigenvalue weighted by Crippen LogP contribution is -2.27. The number of anilines is 1. The first-order chi connectivity index (χ1) is 9.02. The zero-order valence-corrected chi connectivity index (χ0v) is 10.5. The number of terminal acetylenes is 1.